The molecule has 1 unspecified atom stereocenters. The molecule has 17 heavy (non-hydrogen) atoms. The van der Waals surface area contributed by atoms with E-state index in [1.165, 1.54) is 18.5 Å². The molecule has 0 saturated carbocycles. The van der Waals surface area contributed by atoms with E-state index in [4.69, 9.17) is 21.6 Å². The molecule has 2 N–H and O–H groups in total. The molecule has 0 bridgehead atoms. The van der Waals surface area contributed by atoms with Crippen molar-refractivity contribution in [1.82, 2.24) is 0 Å². The van der Waals surface area contributed by atoms with Crippen LogP contribution in [0.3, 0.4) is 0 Å². The van der Waals surface area contributed by atoms with Crippen molar-refractivity contribution in [2.45, 2.75) is 20.0 Å². The third kappa shape index (κ3) is 2.60. The van der Waals surface area contributed by atoms with Crippen molar-refractivity contribution in [3.8, 4) is 11.8 Å². The normalized spacial score (nSPS) is 11.8. The van der Waals surface area contributed by atoms with Gasteiger partial charge < -0.3 is 9.84 Å². The Morgan fingerprint density at radius 2 is 2.35 bits per heavy atom. The van der Waals surface area contributed by atoms with Gasteiger partial charge in [-0.1, -0.05) is 11.6 Å². The summed E-state index contributed by atoms with van der Waals surface area (Å²) in [7, 11) is 0. The summed E-state index contributed by atoms with van der Waals surface area (Å²) < 4.78 is 18.0. The van der Waals surface area contributed by atoms with Gasteiger partial charge in [-0.05, 0) is 19.9 Å². The van der Waals surface area contributed by atoms with Gasteiger partial charge in [0.05, 0.1) is 17.7 Å². The number of aliphatic hydroxyl groups excluding tert-OH is 1. The first-order valence-electron chi connectivity index (χ1n) is 5.00. The van der Waals surface area contributed by atoms with E-state index in [9.17, 15) is 9.59 Å². The number of benzene rings is 1. The van der Waals surface area contributed by atoms with Gasteiger partial charge in [0, 0.05) is 5.56 Å². The van der Waals surface area contributed by atoms with Crippen LogP contribution in [0.4, 0.5) is 10.2 Å². The summed E-state index contributed by atoms with van der Waals surface area (Å²) in [6.45, 7) is 3.50. The molecular formula is C11H12ClFN2O2. The highest BCUT2D eigenvalue weighted by Gasteiger charge is 2.21. The van der Waals surface area contributed by atoms with Crippen LogP contribution in [0.2, 0.25) is 5.02 Å². The molecule has 0 heterocycles. The summed E-state index contributed by atoms with van der Waals surface area (Å²) in [4.78, 5) is 0. The van der Waals surface area contributed by atoms with Crippen LogP contribution >= 0.6 is 11.6 Å². The van der Waals surface area contributed by atoms with Crippen LogP contribution in [0.1, 0.15) is 31.1 Å². The molecule has 1 aromatic rings. The molecule has 0 amide bonds. The lowest BCUT2D eigenvalue weighted by Crippen LogP contribution is -2.04. The summed E-state index contributed by atoms with van der Waals surface area (Å²) in [5.41, 5.74) is 1.51. The van der Waals surface area contributed by atoms with Crippen molar-refractivity contribution < 1.29 is 14.3 Å². The molecule has 0 aliphatic rings. The van der Waals surface area contributed by atoms with Crippen molar-refractivity contribution >= 4 is 17.3 Å². The molecule has 0 aliphatic carbocycles. The van der Waals surface area contributed by atoms with E-state index in [0.717, 1.165) is 0 Å². The number of hydrogen-bond donors (Lipinski definition) is 2. The summed E-state index contributed by atoms with van der Waals surface area (Å²) in [6, 6.07) is 3.18. The Labute approximate surface area is 104 Å². The smallest absolute Gasteiger partial charge is 0.152 e. The first-order chi connectivity index (χ1) is 8.06. The minimum absolute atomic E-state index is 0.0537. The Bertz CT molecular complexity index is 458. The van der Waals surface area contributed by atoms with Crippen molar-refractivity contribution in [1.29, 1.82) is 5.26 Å². The lowest BCUT2D eigenvalue weighted by molar-refractivity contribution is 0.192. The second-order valence-electron chi connectivity index (χ2n) is 3.34. The van der Waals surface area contributed by atoms with Gasteiger partial charge >= 0.3 is 0 Å². The highest BCUT2D eigenvalue weighted by Crippen LogP contribution is 2.40. The zero-order valence-electron chi connectivity index (χ0n) is 9.42. The number of hydrogen-bond acceptors (Lipinski definition) is 4. The van der Waals surface area contributed by atoms with Crippen LogP contribution in [-0.2, 0) is 0 Å². The van der Waals surface area contributed by atoms with Crippen LogP contribution in [0.25, 0.3) is 0 Å². The molecule has 1 aromatic carbocycles. The fourth-order valence-corrected chi connectivity index (χ4v) is 1.72. The Hall–Kier alpha value is -1.51. The molecule has 1 atom stereocenters. The predicted octanol–water partition coefficient (Wildman–Crippen LogP) is 2.96. The molecule has 92 valence electrons. The summed E-state index contributed by atoms with van der Waals surface area (Å²) in [5.74, 6) is 0.103. The van der Waals surface area contributed by atoms with Gasteiger partial charge in [0.25, 0.3) is 0 Å². The van der Waals surface area contributed by atoms with Crippen LogP contribution in [0, 0.1) is 11.3 Å². The Kier molecular flexibility index (Phi) is 4.55. The zero-order chi connectivity index (χ0) is 13.0. The highest BCUT2D eigenvalue weighted by atomic mass is 35.5. The molecule has 0 fully saturated rings. The number of anilines is 1. The second-order valence-corrected chi connectivity index (χ2v) is 3.75. The number of nitrogens with zero attached hydrogens (tertiary/aromatic N) is 1. The lowest BCUT2D eigenvalue weighted by Gasteiger charge is -2.17. The number of halogens is 2. The van der Waals surface area contributed by atoms with Gasteiger partial charge in [0.1, 0.15) is 17.3 Å². The van der Waals surface area contributed by atoms with E-state index in [1.54, 1.807) is 13.0 Å². The van der Waals surface area contributed by atoms with Gasteiger partial charge in [-0.25, -0.2) is 5.54 Å². The van der Waals surface area contributed by atoms with Crippen LogP contribution < -0.4 is 10.3 Å². The summed E-state index contributed by atoms with van der Waals surface area (Å²) in [5, 5.41) is 18.5. The van der Waals surface area contributed by atoms with Crippen molar-refractivity contribution in [2.24, 2.45) is 0 Å². The fraction of sp³-hybridized carbons (Fsp3) is 0.364. The SMILES string of the molecule is CCOc1c(C(C)O)cc(Cl)c(C#N)c1NF. The first-order valence-corrected chi connectivity index (χ1v) is 5.38. The Morgan fingerprint density at radius 1 is 1.71 bits per heavy atom. The number of ether oxygens (including phenoxy) is 1. The number of rotatable bonds is 4. The van der Waals surface area contributed by atoms with Gasteiger partial charge in [0.15, 0.2) is 5.75 Å². The Morgan fingerprint density at radius 3 is 2.76 bits per heavy atom. The van der Waals surface area contributed by atoms with Gasteiger partial charge in [0.2, 0.25) is 0 Å². The zero-order valence-corrected chi connectivity index (χ0v) is 10.2. The van der Waals surface area contributed by atoms with Crippen LogP contribution in [0.5, 0.6) is 5.75 Å². The molecule has 0 aromatic heterocycles. The maximum absolute atomic E-state index is 12.8. The highest BCUT2D eigenvalue weighted by molar-refractivity contribution is 6.32. The molecule has 0 spiro atoms. The summed E-state index contributed by atoms with van der Waals surface area (Å²) >= 11 is 5.83. The predicted molar refractivity (Wildman–Crippen MR) is 62.7 cm³/mol. The van der Waals surface area contributed by atoms with Crippen LogP contribution in [-0.4, -0.2) is 11.7 Å². The molecule has 0 radical (unpaired) electrons. The molecule has 0 saturated heterocycles. The number of nitriles is 1. The number of aliphatic hydroxyl groups is 1. The van der Waals surface area contributed by atoms with Gasteiger partial charge in [-0.3, -0.25) is 0 Å². The maximum atomic E-state index is 12.8. The largest absolute Gasteiger partial charge is 0.491 e. The topological polar surface area (TPSA) is 65.3 Å². The van der Waals surface area contributed by atoms with E-state index in [-0.39, 0.29) is 28.6 Å². The third-order valence-corrected chi connectivity index (χ3v) is 2.50. The lowest BCUT2D eigenvalue weighted by atomic mass is 10.0. The number of nitrogens with one attached hydrogen (secondary N) is 1. The second kappa shape index (κ2) is 5.71. The van der Waals surface area contributed by atoms with Gasteiger partial charge in [-0.2, -0.15) is 5.26 Å². The van der Waals surface area contributed by atoms with Crippen LogP contribution in [0.15, 0.2) is 6.07 Å². The van der Waals surface area contributed by atoms with Crippen molar-refractivity contribution in [3.63, 3.8) is 0 Å². The van der Waals surface area contributed by atoms with E-state index < -0.39 is 6.10 Å². The fourth-order valence-electron chi connectivity index (χ4n) is 1.46. The monoisotopic (exact) mass is 258 g/mol. The summed E-state index contributed by atoms with van der Waals surface area (Å²) in [6.07, 6.45) is -0.881. The van der Waals surface area contributed by atoms with E-state index in [0.29, 0.717) is 5.56 Å². The molecule has 0 aliphatic heterocycles. The van der Waals surface area contributed by atoms with E-state index in [1.807, 2.05) is 0 Å². The third-order valence-electron chi connectivity index (χ3n) is 2.21. The standard InChI is InChI=1S/C11H12ClFN2O2/c1-3-17-11-7(6(2)16)4-9(12)8(5-14)10(11)15-13/h4,6,15-16H,3H2,1-2H3. The average molecular weight is 259 g/mol. The first kappa shape index (κ1) is 13.6. The molecule has 6 heteroatoms. The minimum Gasteiger partial charge on any atom is -0.491 e. The maximum Gasteiger partial charge on any atom is 0.152 e. The Balaban J connectivity index is 3.54. The van der Waals surface area contributed by atoms with E-state index in [2.05, 4.69) is 0 Å². The van der Waals surface area contributed by atoms with Gasteiger partial charge in [-0.15, -0.1) is 4.48 Å². The van der Waals surface area contributed by atoms with Crippen molar-refractivity contribution in [2.75, 3.05) is 12.1 Å². The average Bonchev–Trinajstić information content (AvgIpc) is 2.30. The molecule has 1 rings (SSSR count). The van der Waals surface area contributed by atoms with Crippen molar-refractivity contribution in [3.05, 3.63) is 22.2 Å². The minimum atomic E-state index is -0.881. The molecule has 4 nitrogen and oxygen atoms in total. The quantitative estimate of drug-likeness (QED) is 0.815. The molecular weight excluding hydrogens is 247 g/mol. The van der Waals surface area contributed by atoms with E-state index >= 15 is 0 Å².